The summed E-state index contributed by atoms with van der Waals surface area (Å²) in [5.74, 6) is 2.79. The molecule has 0 aliphatic carbocycles. The van der Waals surface area contributed by atoms with Gasteiger partial charge in [0.2, 0.25) is 6.79 Å². The molecule has 3 heterocycles. The predicted molar refractivity (Wildman–Crippen MR) is 104 cm³/mol. The zero-order valence-corrected chi connectivity index (χ0v) is 15.8. The molecule has 0 unspecified atom stereocenters. The van der Waals surface area contributed by atoms with E-state index in [0.29, 0.717) is 6.79 Å². The maximum Gasteiger partial charge on any atom is 0.231 e. The molecule has 140 valence electrons. The van der Waals surface area contributed by atoms with Gasteiger partial charge >= 0.3 is 0 Å². The minimum absolute atomic E-state index is 0. The summed E-state index contributed by atoms with van der Waals surface area (Å²) in [6.45, 7) is 6.04. The van der Waals surface area contributed by atoms with Crippen LogP contribution >= 0.6 is 12.4 Å². The first kappa shape index (κ1) is 18.8. The number of halogens is 1. The van der Waals surface area contributed by atoms with Crippen LogP contribution in [0.4, 0.5) is 5.82 Å². The Morgan fingerprint density at radius 2 is 1.77 bits per heavy atom. The molecule has 1 fully saturated rings. The minimum Gasteiger partial charge on any atom is -0.454 e. The third-order valence-electron chi connectivity index (χ3n) is 4.78. The van der Waals surface area contributed by atoms with Crippen molar-refractivity contribution in [1.29, 1.82) is 0 Å². The number of rotatable bonds is 5. The predicted octanol–water partition coefficient (Wildman–Crippen LogP) is 2.27. The number of aromatic nitrogens is 1. The van der Waals surface area contributed by atoms with Gasteiger partial charge in [0.05, 0.1) is 0 Å². The first-order valence-electron chi connectivity index (χ1n) is 8.77. The molecule has 0 bridgehead atoms. The smallest absolute Gasteiger partial charge is 0.231 e. The lowest BCUT2D eigenvalue weighted by atomic mass is 10.1. The number of ether oxygens (including phenoxy) is 2. The number of hydrogen-bond acceptors (Lipinski definition) is 6. The molecule has 2 aliphatic heterocycles. The molecule has 2 aliphatic rings. The van der Waals surface area contributed by atoms with Crippen molar-refractivity contribution in [2.45, 2.75) is 13.1 Å². The van der Waals surface area contributed by atoms with E-state index in [0.717, 1.165) is 62.1 Å². The van der Waals surface area contributed by atoms with Crippen LogP contribution in [0.3, 0.4) is 0 Å². The fourth-order valence-electron chi connectivity index (χ4n) is 3.33. The van der Waals surface area contributed by atoms with Crippen molar-refractivity contribution in [2.24, 2.45) is 0 Å². The third kappa shape index (κ3) is 4.03. The van der Waals surface area contributed by atoms with Crippen LogP contribution in [0.5, 0.6) is 11.5 Å². The summed E-state index contributed by atoms with van der Waals surface area (Å²) >= 11 is 0. The van der Waals surface area contributed by atoms with Crippen LogP contribution in [0.25, 0.3) is 0 Å². The summed E-state index contributed by atoms with van der Waals surface area (Å²) in [4.78, 5) is 9.37. The van der Waals surface area contributed by atoms with E-state index in [1.165, 1.54) is 5.56 Å². The Hall–Kier alpha value is -2.02. The van der Waals surface area contributed by atoms with Gasteiger partial charge in [-0.05, 0) is 19.2 Å². The SMILES string of the molecule is CN1CCN(c2ncccc2CNCc2cccc3c2OCO3)CC1.Cl. The second-order valence-electron chi connectivity index (χ2n) is 6.53. The molecule has 0 saturated carbocycles. The van der Waals surface area contributed by atoms with Gasteiger partial charge in [0.25, 0.3) is 0 Å². The average Bonchev–Trinajstić information content (AvgIpc) is 3.13. The van der Waals surface area contributed by atoms with Gasteiger partial charge in [0.1, 0.15) is 5.82 Å². The van der Waals surface area contributed by atoms with Gasteiger partial charge in [-0.25, -0.2) is 4.98 Å². The van der Waals surface area contributed by atoms with Gasteiger partial charge in [-0.2, -0.15) is 0 Å². The van der Waals surface area contributed by atoms with E-state index < -0.39 is 0 Å². The van der Waals surface area contributed by atoms with E-state index >= 15 is 0 Å². The highest BCUT2D eigenvalue weighted by molar-refractivity contribution is 5.85. The molecule has 1 aromatic heterocycles. The number of fused-ring (bicyclic) bond motifs is 1. The van der Waals surface area contributed by atoms with Crippen LogP contribution in [0, 0.1) is 0 Å². The van der Waals surface area contributed by atoms with Crippen LogP contribution in [-0.2, 0) is 13.1 Å². The molecule has 0 atom stereocenters. The molecule has 4 rings (SSSR count). The number of piperazine rings is 1. The summed E-state index contributed by atoms with van der Waals surface area (Å²) in [7, 11) is 2.17. The fraction of sp³-hybridized carbons (Fsp3) is 0.421. The maximum absolute atomic E-state index is 5.57. The normalized spacial score (nSPS) is 16.4. The van der Waals surface area contributed by atoms with Crippen LogP contribution in [-0.4, -0.2) is 49.9 Å². The first-order valence-corrected chi connectivity index (χ1v) is 8.77. The highest BCUT2D eigenvalue weighted by Gasteiger charge is 2.19. The molecule has 6 nitrogen and oxygen atoms in total. The average molecular weight is 377 g/mol. The highest BCUT2D eigenvalue weighted by Crippen LogP contribution is 2.35. The Bertz CT molecular complexity index is 735. The van der Waals surface area contributed by atoms with Crippen molar-refractivity contribution in [3.8, 4) is 11.5 Å². The molecule has 0 radical (unpaired) electrons. The van der Waals surface area contributed by atoms with Gasteiger partial charge in [-0.1, -0.05) is 18.2 Å². The van der Waals surface area contributed by atoms with Crippen molar-refractivity contribution < 1.29 is 9.47 Å². The maximum atomic E-state index is 5.57. The molecule has 7 heteroatoms. The van der Waals surface area contributed by atoms with E-state index in [-0.39, 0.29) is 12.4 Å². The van der Waals surface area contributed by atoms with Crippen LogP contribution < -0.4 is 19.7 Å². The summed E-state index contributed by atoms with van der Waals surface area (Å²) in [5.41, 5.74) is 2.36. The van der Waals surface area contributed by atoms with Gasteiger partial charge in [-0.3, -0.25) is 0 Å². The number of pyridine rings is 1. The summed E-state index contributed by atoms with van der Waals surface area (Å²) < 4.78 is 11.0. The lowest BCUT2D eigenvalue weighted by Crippen LogP contribution is -2.45. The standard InChI is InChI=1S/C19H24N4O2.ClH/c1-22-8-10-23(11-9-22)19-16(5-3-7-21-19)13-20-12-15-4-2-6-17-18(15)25-14-24-17;/h2-7,20H,8-14H2,1H3;1H. The molecule has 1 aromatic carbocycles. The Kier molecular flexibility index (Phi) is 6.19. The molecule has 0 spiro atoms. The van der Waals surface area contributed by atoms with E-state index in [1.807, 2.05) is 24.4 Å². The number of nitrogens with one attached hydrogen (secondary N) is 1. The Morgan fingerprint density at radius 1 is 1.00 bits per heavy atom. The number of anilines is 1. The third-order valence-corrected chi connectivity index (χ3v) is 4.78. The summed E-state index contributed by atoms with van der Waals surface area (Å²) in [6.07, 6.45) is 1.88. The van der Waals surface area contributed by atoms with Crippen LogP contribution in [0.15, 0.2) is 36.5 Å². The fourth-order valence-corrected chi connectivity index (χ4v) is 3.33. The topological polar surface area (TPSA) is 49.9 Å². The Labute approximate surface area is 160 Å². The second-order valence-corrected chi connectivity index (χ2v) is 6.53. The van der Waals surface area contributed by atoms with Gasteiger partial charge in [0, 0.05) is 56.6 Å². The number of likely N-dealkylation sites (N-methyl/N-ethyl adjacent to an activating group) is 1. The van der Waals surface area contributed by atoms with Crippen LogP contribution in [0.2, 0.25) is 0 Å². The molecule has 1 N–H and O–H groups in total. The van der Waals surface area contributed by atoms with Crippen molar-refractivity contribution in [1.82, 2.24) is 15.2 Å². The minimum atomic E-state index is 0. The van der Waals surface area contributed by atoms with Crippen molar-refractivity contribution in [2.75, 3.05) is 44.9 Å². The molecule has 26 heavy (non-hydrogen) atoms. The highest BCUT2D eigenvalue weighted by atomic mass is 35.5. The zero-order chi connectivity index (χ0) is 17.1. The molecule has 1 saturated heterocycles. The Morgan fingerprint density at radius 3 is 2.62 bits per heavy atom. The number of hydrogen-bond donors (Lipinski definition) is 1. The largest absolute Gasteiger partial charge is 0.454 e. The monoisotopic (exact) mass is 376 g/mol. The van der Waals surface area contributed by atoms with Gasteiger partial charge in [0.15, 0.2) is 11.5 Å². The molecule has 0 amide bonds. The first-order chi connectivity index (χ1) is 12.3. The summed E-state index contributed by atoms with van der Waals surface area (Å²) in [5, 5.41) is 3.52. The van der Waals surface area contributed by atoms with E-state index in [2.05, 4.69) is 39.3 Å². The van der Waals surface area contributed by atoms with Gasteiger partial charge in [-0.15, -0.1) is 12.4 Å². The van der Waals surface area contributed by atoms with Crippen molar-refractivity contribution >= 4 is 18.2 Å². The van der Waals surface area contributed by atoms with E-state index in [4.69, 9.17) is 9.47 Å². The summed E-state index contributed by atoms with van der Waals surface area (Å²) in [6, 6.07) is 10.2. The molecule has 2 aromatic rings. The molecular weight excluding hydrogens is 352 g/mol. The Balaban J connectivity index is 0.00000196. The zero-order valence-electron chi connectivity index (χ0n) is 15.0. The van der Waals surface area contributed by atoms with Crippen LogP contribution in [0.1, 0.15) is 11.1 Å². The lowest BCUT2D eigenvalue weighted by molar-refractivity contribution is 0.173. The lowest BCUT2D eigenvalue weighted by Gasteiger charge is -2.34. The second kappa shape index (κ2) is 8.58. The van der Waals surface area contributed by atoms with E-state index in [1.54, 1.807) is 0 Å². The van der Waals surface area contributed by atoms with Crippen molar-refractivity contribution in [3.05, 3.63) is 47.7 Å². The van der Waals surface area contributed by atoms with Gasteiger partial charge < -0.3 is 24.6 Å². The number of benzene rings is 1. The number of nitrogens with zero attached hydrogens (tertiary/aromatic N) is 3. The van der Waals surface area contributed by atoms with E-state index in [9.17, 15) is 0 Å². The van der Waals surface area contributed by atoms with Crippen molar-refractivity contribution in [3.63, 3.8) is 0 Å². The quantitative estimate of drug-likeness (QED) is 0.864. The molecular formula is C19H25ClN4O2. The number of para-hydroxylation sites is 1.